The summed E-state index contributed by atoms with van der Waals surface area (Å²) in [6.45, 7) is 6.66. The molecule has 2 nitrogen and oxygen atoms in total. The van der Waals surface area contributed by atoms with E-state index in [9.17, 15) is 0 Å². The molecule has 2 aromatic carbocycles. The van der Waals surface area contributed by atoms with Crippen molar-refractivity contribution in [3.8, 4) is 22.6 Å². The van der Waals surface area contributed by atoms with Gasteiger partial charge in [0.1, 0.15) is 11.5 Å². The Balaban J connectivity index is 2.51. The Hall–Kier alpha value is -1.96. The Morgan fingerprint density at radius 3 is 2.20 bits per heavy atom. The van der Waals surface area contributed by atoms with Gasteiger partial charge in [-0.3, -0.25) is 0 Å². The third-order valence-electron chi connectivity index (χ3n) is 3.45. The highest BCUT2D eigenvalue weighted by molar-refractivity contribution is 5.72. The van der Waals surface area contributed by atoms with Gasteiger partial charge in [-0.2, -0.15) is 0 Å². The lowest BCUT2D eigenvalue weighted by atomic mass is 9.85. The van der Waals surface area contributed by atoms with Crippen molar-refractivity contribution in [3.05, 3.63) is 48.0 Å². The number of ether oxygens (including phenoxy) is 2. The van der Waals surface area contributed by atoms with E-state index in [0.29, 0.717) is 0 Å². The van der Waals surface area contributed by atoms with E-state index >= 15 is 0 Å². The topological polar surface area (TPSA) is 18.5 Å². The lowest BCUT2D eigenvalue weighted by molar-refractivity contribution is 0.395. The third kappa shape index (κ3) is 2.96. The highest BCUT2D eigenvalue weighted by Gasteiger charge is 2.15. The zero-order chi connectivity index (χ0) is 14.8. The van der Waals surface area contributed by atoms with Crippen LogP contribution >= 0.6 is 0 Å². The monoisotopic (exact) mass is 270 g/mol. The van der Waals surface area contributed by atoms with Gasteiger partial charge < -0.3 is 9.47 Å². The van der Waals surface area contributed by atoms with Crippen LogP contribution in [-0.2, 0) is 5.41 Å². The van der Waals surface area contributed by atoms with Crippen LogP contribution < -0.4 is 9.47 Å². The minimum atomic E-state index is 0.135. The van der Waals surface area contributed by atoms with Crippen LogP contribution in [0.2, 0.25) is 0 Å². The third-order valence-corrected chi connectivity index (χ3v) is 3.45. The maximum Gasteiger partial charge on any atom is 0.130 e. The van der Waals surface area contributed by atoms with Gasteiger partial charge in [0.05, 0.1) is 14.2 Å². The van der Waals surface area contributed by atoms with Crippen molar-refractivity contribution >= 4 is 0 Å². The summed E-state index contributed by atoms with van der Waals surface area (Å²) in [5, 5.41) is 0. The lowest BCUT2D eigenvalue weighted by Crippen LogP contribution is -2.10. The first kappa shape index (κ1) is 14.4. The Labute approximate surface area is 121 Å². The highest BCUT2D eigenvalue weighted by Crippen LogP contribution is 2.35. The molecule has 0 unspecified atom stereocenters. The standard InChI is InChI=1S/C18H22O2/c1-18(2,3)14-8-6-7-13(11-14)16-10-9-15(19-4)12-17(16)20-5/h6-12H,1-5H3. The summed E-state index contributed by atoms with van der Waals surface area (Å²) in [4.78, 5) is 0. The largest absolute Gasteiger partial charge is 0.497 e. The minimum absolute atomic E-state index is 0.135. The summed E-state index contributed by atoms with van der Waals surface area (Å²) in [5.41, 5.74) is 3.69. The van der Waals surface area contributed by atoms with Crippen LogP contribution in [-0.4, -0.2) is 14.2 Å². The molecule has 0 aliphatic rings. The second kappa shape index (κ2) is 5.58. The summed E-state index contributed by atoms with van der Waals surface area (Å²) in [6.07, 6.45) is 0. The molecule has 0 N–H and O–H groups in total. The molecule has 0 saturated heterocycles. The zero-order valence-electron chi connectivity index (χ0n) is 12.9. The second-order valence-electron chi connectivity index (χ2n) is 5.90. The first-order valence-corrected chi connectivity index (χ1v) is 6.78. The van der Waals surface area contributed by atoms with Crippen molar-refractivity contribution in [3.63, 3.8) is 0 Å². The van der Waals surface area contributed by atoms with Gasteiger partial charge in [0.25, 0.3) is 0 Å². The lowest BCUT2D eigenvalue weighted by Gasteiger charge is -2.20. The fraction of sp³-hybridized carbons (Fsp3) is 0.333. The van der Waals surface area contributed by atoms with Gasteiger partial charge >= 0.3 is 0 Å². The van der Waals surface area contributed by atoms with Crippen LogP contribution in [0.25, 0.3) is 11.1 Å². The molecule has 0 radical (unpaired) electrons. The summed E-state index contributed by atoms with van der Waals surface area (Å²) < 4.78 is 10.7. The van der Waals surface area contributed by atoms with Crippen molar-refractivity contribution in [2.75, 3.05) is 14.2 Å². The molecule has 0 atom stereocenters. The molecule has 106 valence electrons. The van der Waals surface area contributed by atoms with Crippen LogP contribution in [0.4, 0.5) is 0 Å². The quantitative estimate of drug-likeness (QED) is 0.807. The Morgan fingerprint density at radius 2 is 1.60 bits per heavy atom. The van der Waals surface area contributed by atoms with E-state index < -0.39 is 0 Å². The summed E-state index contributed by atoms with van der Waals surface area (Å²) >= 11 is 0. The SMILES string of the molecule is COc1ccc(-c2cccc(C(C)(C)C)c2)c(OC)c1. The summed E-state index contributed by atoms with van der Waals surface area (Å²) in [6, 6.07) is 14.5. The average Bonchev–Trinajstić information content (AvgIpc) is 2.45. The van der Waals surface area contributed by atoms with Crippen molar-refractivity contribution in [2.24, 2.45) is 0 Å². The van der Waals surface area contributed by atoms with Gasteiger partial charge in [-0.15, -0.1) is 0 Å². The van der Waals surface area contributed by atoms with Crippen LogP contribution in [0.1, 0.15) is 26.3 Å². The summed E-state index contributed by atoms with van der Waals surface area (Å²) in [7, 11) is 3.35. The maximum absolute atomic E-state index is 5.49. The van der Waals surface area contributed by atoms with E-state index in [1.54, 1.807) is 14.2 Å². The van der Waals surface area contributed by atoms with E-state index in [0.717, 1.165) is 22.6 Å². The van der Waals surface area contributed by atoms with Crippen molar-refractivity contribution in [2.45, 2.75) is 26.2 Å². The van der Waals surface area contributed by atoms with Crippen molar-refractivity contribution in [1.82, 2.24) is 0 Å². The maximum atomic E-state index is 5.49. The molecule has 0 amide bonds. The van der Waals surface area contributed by atoms with E-state index in [4.69, 9.17) is 9.47 Å². The van der Waals surface area contributed by atoms with Crippen molar-refractivity contribution < 1.29 is 9.47 Å². The zero-order valence-corrected chi connectivity index (χ0v) is 12.9. The molecule has 0 heterocycles. The number of rotatable bonds is 3. The molecule has 0 fully saturated rings. The van der Waals surface area contributed by atoms with E-state index in [1.807, 2.05) is 18.2 Å². The summed E-state index contributed by atoms with van der Waals surface area (Å²) in [5.74, 6) is 1.63. The van der Waals surface area contributed by atoms with Crippen LogP contribution in [0.3, 0.4) is 0 Å². The van der Waals surface area contributed by atoms with Gasteiger partial charge in [-0.1, -0.05) is 45.0 Å². The fourth-order valence-corrected chi connectivity index (χ4v) is 2.19. The first-order valence-electron chi connectivity index (χ1n) is 6.78. The molecule has 0 bridgehead atoms. The second-order valence-corrected chi connectivity index (χ2v) is 5.90. The van der Waals surface area contributed by atoms with Gasteiger partial charge in [-0.05, 0) is 28.7 Å². The molecule has 0 spiro atoms. The number of methoxy groups -OCH3 is 2. The molecule has 0 saturated carbocycles. The van der Waals surface area contributed by atoms with Gasteiger partial charge in [0, 0.05) is 11.6 Å². The Bertz CT molecular complexity index is 595. The van der Waals surface area contributed by atoms with E-state index in [2.05, 4.69) is 45.0 Å². The molecule has 2 rings (SSSR count). The van der Waals surface area contributed by atoms with Crippen LogP contribution in [0, 0.1) is 0 Å². The van der Waals surface area contributed by atoms with Gasteiger partial charge in [0.15, 0.2) is 0 Å². The molecule has 0 aliphatic carbocycles. The van der Waals surface area contributed by atoms with E-state index in [-0.39, 0.29) is 5.41 Å². The van der Waals surface area contributed by atoms with Gasteiger partial charge in [-0.25, -0.2) is 0 Å². The smallest absolute Gasteiger partial charge is 0.130 e. The predicted molar refractivity (Wildman–Crippen MR) is 83.7 cm³/mol. The minimum Gasteiger partial charge on any atom is -0.497 e. The predicted octanol–water partition coefficient (Wildman–Crippen LogP) is 4.67. The van der Waals surface area contributed by atoms with Crippen molar-refractivity contribution in [1.29, 1.82) is 0 Å². The molecule has 20 heavy (non-hydrogen) atoms. The van der Waals surface area contributed by atoms with Crippen LogP contribution in [0.15, 0.2) is 42.5 Å². The molecule has 2 heteroatoms. The Morgan fingerprint density at radius 1 is 0.850 bits per heavy atom. The molecular weight excluding hydrogens is 248 g/mol. The Kier molecular flexibility index (Phi) is 4.03. The first-order chi connectivity index (χ1) is 9.45. The average molecular weight is 270 g/mol. The normalized spacial score (nSPS) is 11.2. The number of hydrogen-bond donors (Lipinski definition) is 0. The van der Waals surface area contributed by atoms with Crippen LogP contribution in [0.5, 0.6) is 11.5 Å². The number of benzene rings is 2. The molecule has 2 aromatic rings. The highest BCUT2D eigenvalue weighted by atomic mass is 16.5. The number of hydrogen-bond acceptors (Lipinski definition) is 2. The van der Waals surface area contributed by atoms with E-state index in [1.165, 1.54) is 5.56 Å². The fourth-order valence-electron chi connectivity index (χ4n) is 2.19. The molecule has 0 aromatic heterocycles. The molecular formula is C18H22O2. The molecule has 0 aliphatic heterocycles. The van der Waals surface area contributed by atoms with Gasteiger partial charge in [0.2, 0.25) is 0 Å².